The van der Waals surface area contributed by atoms with Crippen molar-refractivity contribution in [3.8, 4) is 0 Å². The number of benzene rings is 2. The summed E-state index contributed by atoms with van der Waals surface area (Å²) in [5.74, 6) is -1.14. The minimum absolute atomic E-state index is 0.284. The first-order valence-electron chi connectivity index (χ1n) is 10.4. The molecule has 2 aliphatic rings. The first-order valence-corrected chi connectivity index (χ1v) is 10.4. The van der Waals surface area contributed by atoms with Crippen LogP contribution in [0.2, 0.25) is 0 Å². The summed E-state index contributed by atoms with van der Waals surface area (Å²) in [4.78, 5) is 21.9. The highest BCUT2D eigenvalue weighted by atomic mass is 19.1. The van der Waals surface area contributed by atoms with Gasteiger partial charge in [0.25, 0.3) is 0 Å². The van der Waals surface area contributed by atoms with Crippen LogP contribution in [0, 0.1) is 11.6 Å². The summed E-state index contributed by atoms with van der Waals surface area (Å²) in [7, 11) is 0. The molecule has 0 unspecified atom stereocenters. The maximum Gasteiger partial charge on any atom is 0.193 e. The van der Waals surface area contributed by atoms with Gasteiger partial charge < -0.3 is 0 Å². The molecule has 0 amide bonds. The van der Waals surface area contributed by atoms with E-state index in [9.17, 15) is 13.6 Å². The first kappa shape index (κ1) is 19.0. The number of hydrogen-bond acceptors (Lipinski definition) is 5. The van der Waals surface area contributed by atoms with Gasteiger partial charge in [0.2, 0.25) is 0 Å². The van der Waals surface area contributed by atoms with Gasteiger partial charge in [0.05, 0.1) is 11.1 Å². The van der Waals surface area contributed by atoms with Crippen LogP contribution in [-0.2, 0) is 11.1 Å². The summed E-state index contributed by atoms with van der Waals surface area (Å²) in [6.07, 6.45) is 8.90. The normalized spacial score (nSPS) is 17.8. The molecule has 0 saturated heterocycles. The molecule has 2 aromatic carbocycles. The van der Waals surface area contributed by atoms with Gasteiger partial charge in [-0.15, -0.1) is 0 Å². The highest BCUT2D eigenvalue weighted by Crippen LogP contribution is 2.52. The molecular weight excluding hydrogens is 414 g/mol. The molecule has 2 fully saturated rings. The van der Waals surface area contributed by atoms with E-state index in [0.717, 1.165) is 25.7 Å². The van der Waals surface area contributed by atoms with Crippen molar-refractivity contribution in [2.24, 2.45) is 0 Å². The van der Waals surface area contributed by atoms with Crippen LogP contribution in [-0.4, -0.2) is 35.3 Å². The van der Waals surface area contributed by atoms with Crippen LogP contribution in [0.1, 0.15) is 52.7 Å². The lowest BCUT2D eigenvalue weighted by Crippen LogP contribution is -2.25. The standard InChI is InChI=1S/C23H18F2N6O/c24-15-1-3-17(19(9-15)22(5-6-22)30-13-26-11-28-30)21(32)18-4-2-16(25)10-20(18)23(7-8-23)31-14-27-12-29-31/h1-4,9-14H,5-8H2. The molecule has 0 radical (unpaired) electrons. The highest BCUT2D eigenvalue weighted by molar-refractivity contribution is 6.11. The smallest absolute Gasteiger partial charge is 0.193 e. The van der Waals surface area contributed by atoms with Gasteiger partial charge in [0.1, 0.15) is 36.9 Å². The molecule has 2 aliphatic carbocycles. The highest BCUT2D eigenvalue weighted by Gasteiger charge is 2.51. The van der Waals surface area contributed by atoms with E-state index < -0.39 is 22.7 Å². The zero-order chi connectivity index (χ0) is 21.9. The molecule has 0 aliphatic heterocycles. The van der Waals surface area contributed by atoms with E-state index in [-0.39, 0.29) is 5.78 Å². The van der Waals surface area contributed by atoms with Gasteiger partial charge in [-0.2, -0.15) is 10.2 Å². The largest absolute Gasteiger partial charge is 0.289 e. The Balaban J connectivity index is 1.50. The molecule has 7 nitrogen and oxygen atoms in total. The maximum absolute atomic E-state index is 14.3. The molecule has 2 aromatic heterocycles. The molecule has 9 heteroatoms. The van der Waals surface area contributed by atoms with E-state index in [1.54, 1.807) is 22.0 Å². The molecule has 2 heterocycles. The Morgan fingerprint density at radius 2 is 1.19 bits per heavy atom. The lowest BCUT2D eigenvalue weighted by Gasteiger charge is -2.22. The quantitative estimate of drug-likeness (QED) is 0.436. The minimum Gasteiger partial charge on any atom is -0.289 e. The number of rotatable bonds is 6. The molecule has 6 rings (SSSR count). The number of carbonyl (C=O) groups excluding carboxylic acids is 1. The van der Waals surface area contributed by atoms with E-state index in [1.807, 2.05) is 0 Å². The first-order chi connectivity index (χ1) is 15.5. The Morgan fingerprint density at radius 3 is 1.53 bits per heavy atom. The van der Waals surface area contributed by atoms with Crippen LogP contribution in [0.15, 0.2) is 61.7 Å². The van der Waals surface area contributed by atoms with Crippen LogP contribution >= 0.6 is 0 Å². The van der Waals surface area contributed by atoms with E-state index in [4.69, 9.17) is 0 Å². The minimum atomic E-state index is -0.604. The average Bonchev–Trinajstić information content (AvgIpc) is 3.65. The predicted molar refractivity (Wildman–Crippen MR) is 109 cm³/mol. The SMILES string of the molecule is O=C(c1ccc(F)cc1C1(n2cncn2)CC1)c1ccc(F)cc1C1(n2cncn2)CC1. The summed E-state index contributed by atoms with van der Waals surface area (Å²) in [6.45, 7) is 0. The van der Waals surface area contributed by atoms with E-state index >= 15 is 0 Å². The Hall–Kier alpha value is -3.75. The Labute approximate surface area is 181 Å². The second-order valence-electron chi connectivity index (χ2n) is 8.45. The van der Waals surface area contributed by atoms with Gasteiger partial charge in [-0.1, -0.05) is 0 Å². The number of aromatic nitrogens is 6. The second kappa shape index (κ2) is 6.62. The van der Waals surface area contributed by atoms with Crippen LogP contribution in [0.3, 0.4) is 0 Å². The second-order valence-corrected chi connectivity index (χ2v) is 8.45. The average molecular weight is 432 g/mol. The summed E-state index contributed by atoms with van der Waals surface area (Å²) in [5.41, 5.74) is 0.672. The topological polar surface area (TPSA) is 78.5 Å². The number of ketones is 1. The van der Waals surface area contributed by atoms with Crippen molar-refractivity contribution < 1.29 is 13.6 Å². The summed E-state index contributed by atoms with van der Waals surface area (Å²) >= 11 is 0. The Kier molecular flexibility index (Phi) is 3.93. The molecule has 0 atom stereocenters. The number of carbonyl (C=O) groups is 1. The van der Waals surface area contributed by atoms with Crippen molar-refractivity contribution in [1.29, 1.82) is 0 Å². The van der Waals surface area contributed by atoms with Gasteiger partial charge in [-0.05, 0) is 73.2 Å². The molecule has 2 saturated carbocycles. The van der Waals surface area contributed by atoms with Crippen LogP contribution in [0.5, 0.6) is 0 Å². The fraction of sp³-hybridized carbons (Fsp3) is 0.261. The van der Waals surface area contributed by atoms with E-state index in [2.05, 4.69) is 20.2 Å². The van der Waals surface area contributed by atoms with Crippen molar-refractivity contribution in [2.45, 2.75) is 36.8 Å². The molecule has 0 N–H and O–H groups in total. The molecule has 0 bridgehead atoms. The van der Waals surface area contributed by atoms with Gasteiger partial charge in [-0.3, -0.25) is 4.79 Å². The van der Waals surface area contributed by atoms with Crippen molar-refractivity contribution in [3.63, 3.8) is 0 Å². The zero-order valence-corrected chi connectivity index (χ0v) is 16.9. The lowest BCUT2D eigenvalue weighted by molar-refractivity contribution is 0.103. The summed E-state index contributed by atoms with van der Waals surface area (Å²) < 4.78 is 32.0. The third kappa shape index (κ3) is 2.73. The number of hydrogen-bond donors (Lipinski definition) is 0. The van der Waals surface area contributed by atoms with Gasteiger partial charge in [-0.25, -0.2) is 28.1 Å². The Bertz CT molecular complexity index is 1220. The third-order valence-corrected chi connectivity index (χ3v) is 6.62. The predicted octanol–water partition coefficient (Wildman–Crippen LogP) is 3.45. The van der Waals surface area contributed by atoms with Crippen LogP contribution in [0.4, 0.5) is 8.78 Å². The van der Waals surface area contributed by atoms with Gasteiger partial charge >= 0.3 is 0 Å². The number of halogens is 2. The number of nitrogens with zero attached hydrogens (tertiary/aromatic N) is 6. The molecule has 32 heavy (non-hydrogen) atoms. The van der Waals surface area contributed by atoms with Crippen LogP contribution in [0.25, 0.3) is 0 Å². The van der Waals surface area contributed by atoms with Crippen LogP contribution < -0.4 is 0 Å². The van der Waals surface area contributed by atoms with Crippen molar-refractivity contribution in [3.05, 3.63) is 95.6 Å². The molecule has 0 spiro atoms. The maximum atomic E-state index is 14.3. The van der Waals surface area contributed by atoms with Crippen molar-refractivity contribution in [1.82, 2.24) is 29.5 Å². The van der Waals surface area contributed by atoms with Gasteiger partial charge in [0.15, 0.2) is 5.78 Å². The van der Waals surface area contributed by atoms with Crippen molar-refractivity contribution in [2.75, 3.05) is 0 Å². The molecular formula is C23H18F2N6O. The van der Waals surface area contributed by atoms with Crippen molar-refractivity contribution >= 4 is 5.78 Å². The Morgan fingerprint density at radius 1 is 0.750 bits per heavy atom. The molecule has 160 valence electrons. The lowest BCUT2D eigenvalue weighted by atomic mass is 9.88. The van der Waals surface area contributed by atoms with E-state index in [0.29, 0.717) is 22.3 Å². The van der Waals surface area contributed by atoms with Gasteiger partial charge in [0, 0.05) is 11.1 Å². The van der Waals surface area contributed by atoms with E-state index in [1.165, 1.54) is 49.1 Å². The zero-order valence-electron chi connectivity index (χ0n) is 16.9. The third-order valence-electron chi connectivity index (χ3n) is 6.62. The summed E-state index contributed by atoms with van der Waals surface area (Å²) in [5, 5.41) is 8.49. The fourth-order valence-electron chi connectivity index (χ4n) is 4.68. The summed E-state index contributed by atoms with van der Waals surface area (Å²) in [6, 6.07) is 8.37. The fourth-order valence-corrected chi connectivity index (χ4v) is 4.68. The monoisotopic (exact) mass is 432 g/mol. The molecule has 4 aromatic rings.